The van der Waals surface area contributed by atoms with Gasteiger partial charge in [-0.05, 0) is 25.1 Å². The highest BCUT2D eigenvalue weighted by Crippen LogP contribution is 2.36. The quantitative estimate of drug-likeness (QED) is 0.369. The molecule has 1 aliphatic heterocycles. The maximum Gasteiger partial charge on any atom is 0.271 e. The van der Waals surface area contributed by atoms with Crippen molar-refractivity contribution in [2.75, 3.05) is 25.3 Å². The van der Waals surface area contributed by atoms with Crippen LogP contribution in [0.1, 0.15) is 28.9 Å². The molecule has 0 aliphatic carbocycles. The molecular formula is C27H22F3N3O3. The van der Waals surface area contributed by atoms with E-state index in [0.717, 1.165) is 11.8 Å². The Hall–Kier alpha value is -4.11. The predicted molar refractivity (Wildman–Crippen MR) is 129 cm³/mol. The number of hydrazine groups is 1. The van der Waals surface area contributed by atoms with Gasteiger partial charge >= 0.3 is 0 Å². The number of benzene rings is 3. The molecule has 1 aliphatic rings. The fraction of sp³-hybridized carbons (Fsp3) is 0.185. The molecular weight excluding hydrogens is 471 g/mol. The molecule has 1 aromatic heterocycles. The second kappa shape index (κ2) is 9.50. The number of nitrogens with one attached hydrogen (secondary N) is 1. The molecule has 0 radical (unpaired) electrons. The Morgan fingerprint density at radius 1 is 1.11 bits per heavy atom. The molecule has 4 aromatic rings. The Labute approximate surface area is 205 Å². The van der Waals surface area contributed by atoms with Gasteiger partial charge in [0.25, 0.3) is 5.91 Å². The highest BCUT2D eigenvalue weighted by atomic mass is 19.2. The lowest BCUT2D eigenvalue weighted by molar-refractivity contribution is 0.0926. The summed E-state index contributed by atoms with van der Waals surface area (Å²) in [5, 5.41) is 2.20. The summed E-state index contributed by atoms with van der Waals surface area (Å²) in [4.78, 5) is 17.9. The van der Waals surface area contributed by atoms with E-state index in [2.05, 4.69) is 10.4 Å². The Morgan fingerprint density at radius 3 is 2.72 bits per heavy atom. The van der Waals surface area contributed by atoms with Crippen molar-refractivity contribution in [3.05, 3.63) is 89.4 Å². The molecule has 9 heteroatoms. The summed E-state index contributed by atoms with van der Waals surface area (Å²) < 4.78 is 53.7. The van der Waals surface area contributed by atoms with Gasteiger partial charge in [0.1, 0.15) is 18.2 Å². The molecule has 0 fully saturated rings. The van der Waals surface area contributed by atoms with E-state index in [0.29, 0.717) is 35.9 Å². The van der Waals surface area contributed by atoms with Gasteiger partial charge in [0, 0.05) is 41.4 Å². The number of para-hydroxylation sites is 3. The average Bonchev–Trinajstić information content (AvgIpc) is 2.89. The van der Waals surface area contributed by atoms with Crippen molar-refractivity contribution in [1.29, 1.82) is 0 Å². The van der Waals surface area contributed by atoms with E-state index in [4.69, 9.17) is 9.47 Å². The Kier molecular flexibility index (Phi) is 6.24. The first kappa shape index (κ1) is 23.6. The van der Waals surface area contributed by atoms with Gasteiger partial charge in [0.2, 0.25) is 0 Å². The molecule has 1 atom stereocenters. The SMILES string of the molecule is COC(C)c1c(C(=O)NN2CCOc3ccccc32)cnc2c(-c3cc(F)cc(F)c3F)cccc12. The number of nitrogens with zero attached hydrogens (tertiary/aromatic N) is 2. The van der Waals surface area contributed by atoms with Crippen LogP contribution < -0.4 is 15.2 Å². The minimum absolute atomic E-state index is 0.196. The van der Waals surface area contributed by atoms with Gasteiger partial charge < -0.3 is 9.47 Å². The number of rotatable bonds is 5. The second-order valence-electron chi connectivity index (χ2n) is 8.32. The van der Waals surface area contributed by atoms with Gasteiger partial charge in [0.15, 0.2) is 11.6 Å². The van der Waals surface area contributed by atoms with E-state index in [-0.39, 0.29) is 22.2 Å². The van der Waals surface area contributed by atoms with Crippen molar-refractivity contribution in [3.63, 3.8) is 0 Å². The fourth-order valence-corrected chi connectivity index (χ4v) is 4.42. The molecule has 0 spiro atoms. The van der Waals surface area contributed by atoms with Crippen LogP contribution in [-0.4, -0.2) is 31.2 Å². The normalized spacial score (nSPS) is 13.8. The van der Waals surface area contributed by atoms with Gasteiger partial charge in [-0.3, -0.25) is 20.2 Å². The lowest BCUT2D eigenvalue weighted by Crippen LogP contribution is -2.47. The number of carbonyl (C=O) groups is 1. The maximum absolute atomic E-state index is 14.6. The van der Waals surface area contributed by atoms with Crippen molar-refractivity contribution < 1.29 is 27.4 Å². The molecule has 1 unspecified atom stereocenters. The van der Waals surface area contributed by atoms with Gasteiger partial charge in [-0.1, -0.05) is 30.3 Å². The van der Waals surface area contributed by atoms with Crippen LogP contribution in [-0.2, 0) is 4.74 Å². The summed E-state index contributed by atoms with van der Waals surface area (Å²) in [6.45, 7) is 2.60. The number of amides is 1. The van der Waals surface area contributed by atoms with Crippen LogP contribution in [0.3, 0.4) is 0 Å². The largest absolute Gasteiger partial charge is 0.489 e. The third-order valence-corrected chi connectivity index (χ3v) is 6.19. The second-order valence-corrected chi connectivity index (χ2v) is 8.32. The molecule has 0 bridgehead atoms. The highest BCUT2D eigenvalue weighted by molar-refractivity contribution is 6.04. The van der Waals surface area contributed by atoms with E-state index < -0.39 is 29.5 Å². The topological polar surface area (TPSA) is 63.7 Å². The minimum Gasteiger partial charge on any atom is -0.489 e. The number of fused-ring (bicyclic) bond motifs is 2. The zero-order valence-corrected chi connectivity index (χ0v) is 19.5. The van der Waals surface area contributed by atoms with Crippen molar-refractivity contribution >= 4 is 22.5 Å². The monoisotopic (exact) mass is 493 g/mol. The van der Waals surface area contributed by atoms with Crippen LogP contribution in [0.15, 0.2) is 60.8 Å². The van der Waals surface area contributed by atoms with Gasteiger partial charge in [-0.2, -0.15) is 0 Å². The smallest absolute Gasteiger partial charge is 0.271 e. The minimum atomic E-state index is -1.30. The number of hydrogen-bond acceptors (Lipinski definition) is 5. The average molecular weight is 493 g/mol. The molecule has 0 saturated carbocycles. The third-order valence-electron chi connectivity index (χ3n) is 6.19. The van der Waals surface area contributed by atoms with Crippen LogP contribution in [0.5, 0.6) is 5.75 Å². The summed E-state index contributed by atoms with van der Waals surface area (Å²) in [6.07, 6.45) is 0.823. The van der Waals surface area contributed by atoms with E-state index in [9.17, 15) is 18.0 Å². The van der Waals surface area contributed by atoms with Crippen molar-refractivity contribution in [2.24, 2.45) is 0 Å². The Balaban J connectivity index is 1.62. The molecule has 2 heterocycles. The van der Waals surface area contributed by atoms with Gasteiger partial charge in [-0.15, -0.1) is 0 Å². The molecule has 1 amide bonds. The van der Waals surface area contributed by atoms with Crippen LogP contribution >= 0.6 is 0 Å². The summed E-state index contributed by atoms with van der Waals surface area (Å²) in [7, 11) is 1.50. The van der Waals surface area contributed by atoms with Crippen molar-refractivity contribution in [3.8, 4) is 16.9 Å². The maximum atomic E-state index is 14.6. The van der Waals surface area contributed by atoms with Crippen LogP contribution in [0.25, 0.3) is 22.0 Å². The zero-order chi connectivity index (χ0) is 25.4. The molecule has 6 nitrogen and oxygen atoms in total. The number of ether oxygens (including phenoxy) is 2. The van der Waals surface area contributed by atoms with E-state index >= 15 is 0 Å². The van der Waals surface area contributed by atoms with Crippen molar-refractivity contribution in [2.45, 2.75) is 13.0 Å². The lowest BCUT2D eigenvalue weighted by Gasteiger charge is -2.31. The predicted octanol–water partition coefficient (Wildman–Crippen LogP) is 5.57. The number of halogens is 3. The zero-order valence-electron chi connectivity index (χ0n) is 19.5. The van der Waals surface area contributed by atoms with E-state index in [1.807, 2.05) is 24.3 Å². The van der Waals surface area contributed by atoms with Gasteiger partial charge in [-0.25, -0.2) is 13.2 Å². The number of methoxy groups -OCH3 is 1. The molecule has 0 saturated heterocycles. The third kappa shape index (κ3) is 4.11. The lowest BCUT2D eigenvalue weighted by atomic mass is 9.94. The summed E-state index contributed by atoms with van der Waals surface area (Å²) in [5.74, 6) is -3.16. The van der Waals surface area contributed by atoms with Crippen molar-refractivity contribution in [1.82, 2.24) is 10.4 Å². The molecule has 5 rings (SSSR count). The fourth-order valence-electron chi connectivity index (χ4n) is 4.42. The first-order valence-electron chi connectivity index (χ1n) is 11.3. The summed E-state index contributed by atoms with van der Waals surface area (Å²) >= 11 is 0. The Morgan fingerprint density at radius 2 is 1.92 bits per heavy atom. The number of hydrogen-bond donors (Lipinski definition) is 1. The van der Waals surface area contributed by atoms with Crippen LogP contribution in [0.2, 0.25) is 0 Å². The number of anilines is 1. The van der Waals surface area contributed by atoms with E-state index in [1.54, 1.807) is 24.1 Å². The molecule has 3 aromatic carbocycles. The Bertz CT molecular complexity index is 1480. The molecule has 184 valence electrons. The molecule has 1 N–H and O–H groups in total. The van der Waals surface area contributed by atoms with Crippen LogP contribution in [0, 0.1) is 17.5 Å². The summed E-state index contributed by atoms with van der Waals surface area (Å²) in [5.41, 5.74) is 4.62. The molecule has 36 heavy (non-hydrogen) atoms. The number of carbonyl (C=O) groups excluding carboxylic acids is 1. The first-order chi connectivity index (χ1) is 17.4. The number of pyridine rings is 1. The first-order valence-corrected chi connectivity index (χ1v) is 11.3. The van der Waals surface area contributed by atoms with E-state index in [1.165, 1.54) is 19.4 Å². The van der Waals surface area contributed by atoms with Crippen LogP contribution in [0.4, 0.5) is 18.9 Å². The highest BCUT2D eigenvalue weighted by Gasteiger charge is 2.26. The van der Waals surface area contributed by atoms with Gasteiger partial charge in [0.05, 0.1) is 29.4 Å². The summed E-state index contributed by atoms with van der Waals surface area (Å²) in [6, 6.07) is 13.6. The standard InChI is InChI=1S/C27H22F3N3O3/c1-15(35-2)24-18-7-5-6-17(19-12-16(28)13-21(29)25(19)30)26(18)31-14-20(24)27(34)32-33-10-11-36-23-9-4-3-8-22(23)33/h3-9,12-15H,10-11H2,1-2H3,(H,32,34). The number of aromatic nitrogens is 1.